The van der Waals surface area contributed by atoms with Crippen molar-refractivity contribution in [2.75, 3.05) is 13.2 Å². The number of aryl methyl sites for hydroxylation is 1. The van der Waals surface area contributed by atoms with Crippen LogP contribution in [0, 0.1) is 0 Å². The first-order valence-electron chi connectivity index (χ1n) is 7.94. The Bertz CT molecular complexity index is 896. The Hall–Kier alpha value is -2.13. The maximum absolute atomic E-state index is 12.4. The third kappa shape index (κ3) is 4.10. The van der Waals surface area contributed by atoms with E-state index in [1.807, 2.05) is 13.8 Å². The van der Waals surface area contributed by atoms with E-state index in [9.17, 15) is 14.4 Å². The van der Waals surface area contributed by atoms with Crippen LogP contribution >= 0.6 is 11.6 Å². The molecule has 9 nitrogen and oxygen atoms in total. The van der Waals surface area contributed by atoms with Crippen LogP contribution in [-0.4, -0.2) is 43.8 Å². The van der Waals surface area contributed by atoms with E-state index in [-0.39, 0.29) is 35.0 Å². The van der Waals surface area contributed by atoms with Crippen LogP contribution in [0.3, 0.4) is 0 Å². The predicted octanol–water partition coefficient (Wildman–Crippen LogP) is 0.0184. The second-order valence-corrected chi connectivity index (χ2v) is 6.31. The van der Waals surface area contributed by atoms with Crippen LogP contribution in [0.2, 0.25) is 5.28 Å². The van der Waals surface area contributed by atoms with Gasteiger partial charge in [-0.15, -0.1) is 0 Å². The molecule has 138 valence electrons. The lowest BCUT2D eigenvalue weighted by molar-refractivity contribution is -0.121. The van der Waals surface area contributed by atoms with Gasteiger partial charge in [-0.05, 0) is 31.9 Å². The largest absolute Gasteiger partial charge is 0.379 e. The molecule has 2 rings (SSSR count). The van der Waals surface area contributed by atoms with Gasteiger partial charge in [0.25, 0.3) is 5.56 Å². The molecule has 0 aromatic carbocycles. The van der Waals surface area contributed by atoms with E-state index < -0.39 is 11.2 Å². The normalized spacial score (nSPS) is 11.4. The van der Waals surface area contributed by atoms with E-state index in [0.29, 0.717) is 19.6 Å². The average molecular weight is 372 g/mol. The first-order chi connectivity index (χ1) is 11.7. The number of hydrogen-bond acceptors (Lipinski definition) is 5. The summed E-state index contributed by atoms with van der Waals surface area (Å²) in [6.07, 6.45) is 0.827. The lowest BCUT2D eigenvalue weighted by Crippen LogP contribution is -2.38. The Balaban J connectivity index is 2.16. The second kappa shape index (κ2) is 7.83. The first kappa shape index (κ1) is 19.2. The number of rotatable bonds is 7. The maximum Gasteiger partial charge on any atom is 0.332 e. The van der Waals surface area contributed by atoms with Gasteiger partial charge in [-0.1, -0.05) is 0 Å². The van der Waals surface area contributed by atoms with Crippen LogP contribution in [0.4, 0.5) is 0 Å². The van der Waals surface area contributed by atoms with Crippen molar-refractivity contribution in [3.05, 3.63) is 26.1 Å². The van der Waals surface area contributed by atoms with Crippen molar-refractivity contribution in [3.63, 3.8) is 0 Å². The number of carbonyl (C=O) groups is 1. The Morgan fingerprint density at radius 3 is 2.60 bits per heavy atom. The minimum Gasteiger partial charge on any atom is -0.379 e. The molecule has 2 aromatic rings. The highest BCUT2D eigenvalue weighted by molar-refractivity contribution is 6.29. The Morgan fingerprint density at radius 1 is 1.28 bits per heavy atom. The summed E-state index contributed by atoms with van der Waals surface area (Å²) in [5, 5.41) is 2.72. The molecular formula is C15H22ClN5O4. The van der Waals surface area contributed by atoms with E-state index in [0.717, 1.165) is 4.57 Å². The first-order valence-corrected chi connectivity index (χ1v) is 8.32. The molecule has 0 fully saturated rings. The molecule has 0 saturated heterocycles. The smallest absolute Gasteiger partial charge is 0.332 e. The van der Waals surface area contributed by atoms with Gasteiger partial charge in [-0.2, -0.15) is 4.98 Å². The summed E-state index contributed by atoms with van der Waals surface area (Å²) < 4.78 is 8.88. The molecule has 0 radical (unpaired) electrons. The molecule has 0 aliphatic carbocycles. The number of nitrogens with zero attached hydrogens (tertiary/aromatic N) is 4. The monoisotopic (exact) mass is 371 g/mol. The number of nitrogens with one attached hydrogen (secondary N) is 1. The lowest BCUT2D eigenvalue weighted by Gasteiger charge is -2.09. The lowest BCUT2D eigenvalue weighted by atomic mass is 10.4. The molecule has 25 heavy (non-hydrogen) atoms. The van der Waals surface area contributed by atoms with Crippen LogP contribution in [0.25, 0.3) is 11.2 Å². The van der Waals surface area contributed by atoms with E-state index in [2.05, 4.69) is 10.3 Å². The SMILES string of the molecule is CC(C)OCCCNC(=O)Cn1c(Cl)nc2c1c(=O)n(C)c(=O)n2C. The van der Waals surface area contributed by atoms with Crippen molar-refractivity contribution in [1.29, 1.82) is 0 Å². The highest BCUT2D eigenvalue weighted by atomic mass is 35.5. The molecule has 1 N–H and O–H groups in total. The molecule has 10 heteroatoms. The molecule has 2 aromatic heterocycles. The molecule has 2 heterocycles. The topological polar surface area (TPSA) is 100 Å². The number of ether oxygens (including phenoxy) is 1. The van der Waals surface area contributed by atoms with E-state index in [1.54, 1.807) is 0 Å². The summed E-state index contributed by atoms with van der Waals surface area (Å²) in [6, 6.07) is 0. The van der Waals surface area contributed by atoms with Crippen LogP contribution < -0.4 is 16.6 Å². The quantitative estimate of drug-likeness (QED) is 0.546. The molecule has 0 atom stereocenters. The van der Waals surface area contributed by atoms with Gasteiger partial charge in [0, 0.05) is 27.2 Å². The molecule has 1 amide bonds. The van der Waals surface area contributed by atoms with Crippen LogP contribution in [-0.2, 0) is 30.2 Å². The van der Waals surface area contributed by atoms with Crippen LogP contribution in [0.1, 0.15) is 20.3 Å². The van der Waals surface area contributed by atoms with E-state index >= 15 is 0 Å². The zero-order valence-electron chi connectivity index (χ0n) is 14.7. The number of aromatic nitrogens is 4. The Morgan fingerprint density at radius 2 is 1.96 bits per heavy atom. The van der Waals surface area contributed by atoms with E-state index in [1.165, 1.54) is 23.2 Å². The Labute approximate surface area is 149 Å². The minimum atomic E-state index is -0.546. The van der Waals surface area contributed by atoms with Crippen LogP contribution in [0.5, 0.6) is 0 Å². The van der Waals surface area contributed by atoms with Gasteiger partial charge in [0.2, 0.25) is 11.2 Å². The van der Waals surface area contributed by atoms with Gasteiger partial charge in [0.05, 0.1) is 6.10 Å². The third-order valence-electron chi connectivity index (χ3n) is 3.70. The Kier molecular flexibility index (Phi) is 6.02. The predicted molar refractivity (Wildman–Crippen MR) is 93.9 cm³/mol. The number of imidazole rings is 1. The molecule has 0 bridgehead atoms. The molecule has 0 unspecified atom stereocenters. The average Bonchev–Trinajstić information content (AvgIpc) is 2.87. The maximum atomic E-state index is 12.4. The molecule has 0 spiro atoms. The van der Waals surface area contributed by atoms with Crippen molar-refractivity contribution in [3.8, 4) is 0 Å². The number of halogens is 1. The van der Waals surface area contributed by atoms with Gasteiger partial charge >= 0.3 is 5.69 Å². The second-order valence-electron chi connectivity index (χ2n) is 5.97. The van der Waals surface area contributed by atoms with Crippen LogP contribution in [0.15, 0.2) is 9.59 Å². The van der Waals surface area contributed by atoms with Crippen molar-refractivity contribution in [1.82, 2.24) is 24.0 Å². The zero-order chi connectivity index (χ0) is 18.7. The fourth-order valence-corrected chi connectivity index (χ4v) is 2.61. The van der Waals surface area contributed by atoms with Gasteiger partial charge in [0.15, 0.2) is 11.2 Å². The third-order valence-corrected chi connectivity index (χ3v) is 3.99. The number of fused-ring (bicyclic) bond motifs is 1. The van der Waals surface area contributed by atoms with Gasteiger partial charge in [-0.25, -0.2) is 4.79 Å². The van der Waals surface area contributed by atoms with Crippen molar-refractivity contribution in [2.24, 2.45) is 14.1 Å². The molecular weight excluding hydrogens is 350 g/mol. The summed E-state index contributed by atoms with van der Waals surface area (Å²) in [7, 11) is 2.86. The minimum absolute atomic E-state index is 0.0217. The summed E-state index contributed by atoms with van der Waals surface area (Å²) in [4.78, 5) is 40.5. The van der Waals surface area contributed by atoms with Gasteiger partial charge in [-0.3, -0.25) is 23.3 Å². The van der Waals surface area contributed by atoms with Gasteiger partial charge in [0.1, 0.15) is 6.54 Å². The zero-order valence-corrected chi connectivity index (χ0v) is 15.5. The van der Waals surface area contributed by atoms with Gasteiger partial charge < -0.3 is 10.1 Å². The van der Waals surface area contributed by atoms with Crippen molar-refractivity contribution < 1.29 is 9.53 Å². The summed E-state index contributed by atoms with van der Waals surface area (Å²) in [6.45, 7) is 4.73. The number of hydrogen-bond donors (Lipinski definition) is 1. The van der Waals surface area contributed by atoms with E-state index in [4.69, 9.17) is 16.3 Å². The van der Waals surface area contributed by atoms with Crippen molar-refractivity contribution in [2.45, 2.75) is 32.9 Å². The number of amides is 1. The summed E-state index contributed by atoms with van der Waals surface area (Å²) in [5.41, 5.74) is -0.784. The standard InChI is InChI=1S/C15H22ClN5O4/c1-9(2)25-7-5-6-17-10(22)8-21-11-12(18-14(21)16)19(3)15(24)20(4)13(11)23/h9H,5-8H2,1-4H3,(H,17,22). The molecule has 0 aliphatic rings. The highest BCUT2D eigenvalue weighted by Crippen LogP contribution is 2.15. The number of carbonyl (C=O) groups excluding carboxylic acids is 1. The molecule has 0 saturated carbocycles. The molecule has 0 aliphatic heterocycles. The summed E-state index contributed by atoms with van der Waals surface area (Å²) in [5.74, 6) is -0.304. The summed E-state index contributed by atoms with van der Waals surface area (Å²) >= 11 is 6.07. The fourth-order valence-electron chi connectivity index (χ4n) is 2.38. The fraction of sp³-hybridized carbons (Fsp3) is 0.600. The van der Waals surface area contributed by atoms with Crippen molar-refractivity contribution >= 4 is 28.7 Å². The highest BCUT2D eigenvalue weighted by Gasteiger charge is 2.19.